The molecule has 1 heterocycles. The van der Waals surface area contributed by atoms with Gasteiger partial charge in [-0.15, -0.1) is 0 Å². The molecule has 0 saturated carbocycles. The first-order valence-electron chi connectivity index (χ1n) is 5.51. The molecule has 0 saturated heterocycles. The monoisotopic (exact) mass is 223 g/mol. The number of ether oxygens (including phenoxy) is 1. The van der Waals surface area contributed by atoms with Crippen molar-refractivity contribution < 1.29 is 4.74 Å². The molecule has 1 aromatic rings. The number of anilines is 1. The second-order valence-electron chi connectivity index (χ2n) is 4.28. The number of nitrogens with one attached hydrogen (secondary N) is 1. The predicted octanol–water partition coefficient (Wildman–Crippen LogP) is 1.74. The second kappa shape index (κ2) is 5.27. The van der Waals surface area contributed by atoms with Gasteiger partial charge in [0.05, 0.1) is 11.6 Å². The molecular formula is C12H21N3O. The van der Waals surface area contributed by atoms with Crippen LogP contribution >= 0.6 is 0 Å². The molecular weight excluding hydrogens is 202 g/mol. The number of hydrogen-bond donors (Lipinski definition) is 2. The summed E-state index contributed by atoms with van der Waals surface area (Å²) in [5.41, 5.74) is 6.55. The Hall–Kier alpha value is -1.13. The summed E-state index contributed by atoms with van der Waals surface area (Å²) in [5, 5.41) is 3.39. The van der Waals surface area contributed by atoms with Gasteiger partial charge in [0.15, 0.2) is 0 Å². The van der Waals surface area contributed by atoms with Gasteiger partial charge in [0.2, 0.25) is 0 Å². The first-order chi connectivity index (χ1) is 7.53. The summed E-state index contributed by atoms with van der Waals surface area (Å²) in [6, 6.07) is 3.91. The predicted molar refractivity (Wildman–Crippen MR) is 66.2 cm³/mol. The Morgan fingerprint density at radius 3 is 2.75 bits per heavy atom. The molecule has 0 bridgehead atoms. The van der Waals surface area contributed by atoms with E-state index in [0.717, 1.165) is 12.1 Å². The number of hydrogen-bond acceptors (Lipinski definition) is 4. The Labute approximate surface area is 97.2 Å². The van der Waals surface area contributed by atoms with Crippen molar-refractivity contribution in [2.45, 2.75) is 32.4 Å². The van der Waals surface area contributed by atoms with Crippen LogP contribution in [-0.4, -0.2) is 24.2 Å². The van der Waals surface area contributed by atoms with Crippen LogP contribution in [0.2, 0.25) is 0 Å². The van der Waals surface area contributed by atoms with E-state index in [1.807, 2.05) is 26.0 Å². The standard InChI is InChI=1S/C12H21N3O/c1-5-14-10(12(2,3)16-4)9-7-6-8-15-11(9)13/h6-8,10,14H,5H2,1-4H3,(H2,13,15). The highest BCUT2D eigenvalue weighted by Gasteiger charge is 2.31. The molecule has 0 amide bonds. The minimum absolute atomic E-state index is 0.0381. The number of likely N-dealkylation sites (N-methyl/N-ethyl adjacent to an activating group) is 1. The van der Waals surface area contributed by atoms with E-state index in [0.29, 0.717) is 5.82 Å². The van der Waals surface area contributed by atoms with Crippen LogP contribution in [0, 0.1) is 0 Å². The molecule has 1 atom stereocenters. The van der Waals surface area contributed by atoms with Crippen molar-refractivity contribution in [2.75, 3.05) is 19.4 Å². The lowest BCUT2D eigenvalue weighted by Gasteiger charge is -2.34. The minimum atomic E-state index is -0.326. The highest BCUT2D eigenvalue weighted by atomic mass is 16.5. The van der Waals surface area contributed by atoms with E-state index in [2.05, 4.69) is 17.2 Å². The summed E-state index contributed by atoms with van der Waals surface area (Å²) in [6.45, 7) is 6.98. The molecule has 1 aromatic heterocycles. The van der Waals surface area contributed by atoms with Gasteiger partial charge in [-0.3, -0.25) is 0 Å². The Balaban J connectivity index is 3.08. The molecule has 4 heteroatoms. The van der Waals surface area contributed by atoms with Gasteiger partial charge in [-0.25, -0.2) is 4.98 Å². The van der Waals surface area contributed by atoms with Crippen molar-refractivity contribution in [3.8, 4) is 0 Å². The van der Waals surface area contributed by atoms with Crippen LogP contribution in [0.4, 0.5) is 5.82 Å². The molecule has 0 aliphatic heterocycles. The van der Waals surface area contributed by atoms with E-state index in [9.17, 15) is 0 Å². The van der Waals surface area contributed by atoms with Crippen LogP contribution in [0.5, 0.6) is 0 Å². The molecule has 0 aliphatic carbocycles. The third kappa shape index (κ3) is 2.71. The zero-order valence-electron chi connectivity index (χ0n) is 10.4. The summed E-state index contributed by atoms with van der Waals surface area (Å²) in [7, 11) is 1.71. The van der Waals surface area contributed by atoms with Gasteiger partial charge in [0.1, 0.15) is 5.82 Å². The first-order valence-corrected chi connectivity index (χ1v) is 5.51. The Kier molecular flexibility index (Phi) is 4.26. The van der Waals surface area contributed by atoms with E-state index in [4.69, 9.17) is 10.5 Å². The highest BCUT2D eigenvalue weighted by Crippen LogP contribution is 2.30. The summed E-state index contributed by atoms with van der Waals surface area (Å²) in [4.78, 5) is 4.11. The van der Waals surface area contributed by atoms with Gasteiger partial charge < -0.3 is 15.8 Å². The molecule has 16 heavy (non-hydrogen) atoms. The van der Waals surface area contributed by atoms with Crippen molar-refractivity contribution in [2.24, 2.45) is 0 Å². The summed E-state index contributed by atoms with van der Waals surface area (Å²) in [6.07, 6.45) is 1.70. The van der Waals surface area contributed by atoms with Crippen molar-refractivity contribution in [3.63, 3.8) is 0 Å². The Morgan fingerprint density at radius 2 is 2.25 bits per heavy atom. The maximum atomic E-state index is 5.90. The minimum Gasteiger partial charge on any atom is -0.383 e. The Bertz CT molecular complexity index is 339. The third-order valence-corrected chi connectivity index (χ3v) is 2.81. The van der Waals surface area contributed by atoms with Crippen LogP contribution in [0.25, 0.3) is 0 Å². The lowest BCUT2D eigenvalue weighted by molar-refractivity contribution is -0.0105. The normalized spacial score (nSPS) is 13.8. The van der Waals surface area contributed by atoms with Crippen LogP contribution in [0.3, 0.4) is 0 Å². The van der Waals surface area contributed by atoms with Crippen molar-refractivity contribution in [3.05, 3.63) is 23.9 Å². The summed E-state index contributed by atoms with van der Waals surface area (Å²) in [5.74, 6) is 0.554. The van der Waals surface area contributed by atoms with Gasteiger partial charge in [-0.05, 0) is 26.5 Å². The first kappa shape index (κ1) is 12.9. The SMILES string of the molecule is CCNC(c1cccnc1N)C(C)(C)OC. The maximum Gasteiger partial charge on any atom is 0.128 e. The van der Waals surface area contributed by atoms with Gasteiger partial charge in [-0.1, -0.05) is 13.0 Å². The number of nitrogen functional groups attached to an aromatic ring is 1. The molecule has 0 fully saturated rings. The third-order valence-electron chi connectivity index (χ3n) is 2.81. The van der Waals surface area contributed by atoms with Gasteiger partial charge in [0.25, 0.3) is 0 Å². The van der Waals surface area contributed by atoms with E-state index in [1.54, 1.807) is 13.3 Å². The fourth-order valence-electron chi connectivity index (χ4n) is 1.73. The van der Waals surface area contributed by atoms with Crippen LogP contribution in [0.1, 0.15) is 32.4 Å². The smallest absolute Gasteiger partial charge is 0.128 e. The quantitative estimate of drug-likeness (QED) is 0.798. The van der Waals surface area contributed by atoms with E-state index in [-0.39, 0.29) is 11.6 Å². The molecule has 1 rings (SSSR count). The molecule has 0 aromatic carbocycles. The topological polar surface area (TPSA) is 60.2 Å². The maximum absolute atomic E-state index is 5.90. The Morgan fingerprint density at radius 1 is 1.56 bits per heavy atom. The number of pyridine rings is 1. The summed E-state index contributed by atoms with van der Waals surface area (Å²) >= 11 is 0. The van der Waals surface area contributed by atoms with E-state index in [1.165, 1.54) is 0 Å². The second-order valence-corrected chi connectivity index (χ2v) is 4.28. The molecule has 3 N–H and O–H groups in total. The average Bonchev–Trinajstić information content (AvgIpc) is 2.27. The van der Waals surface area contributed by atoms with Crippen molar-refractivity contribution in [1.82, 2.24) is 10.3 Å². The molecule has 0 spiro atoms. The van der Waals surface area contributed by atoms with Gasteiger partial charge >= 0.3 is 0 Å². The van der Waals surface area contributed by atoms with Crippen molar-refractivity contribution >= 4 is 5.82 Å². The molecule has 1 unspecified atom stereocenters. The van der Waals surface area contributed by atoms with E-state index < -0.39 is 0 Å². The molecule has 90 valence electrons. The lowest BCUT2D eigenvalue weighted by atomic mass is 9.92. The number of nitrogens with two attached hydrogens (primary N) is 1. The van der Waals surface area contributed by atoms with Crippen LogP contribution < -0.4 is 11.1 Å². The summed E-state index contributed by atoms with van der Waals surface area (Å²) < 4.78 is 5.52. The zero-order valence-corrected chi connectivity index (χ0v) is 10.4. The van der Waals surface area contributed by atoms with Gasteiger partial charge in [0, 0.05) is 18.9 Å². The van der Waals surface area contributed by atoms with Crippen LogP contribution in [-0.2, 0) is 4.74 Å². The average molecular weight is 223 g/mol. The fraction of sp³-hybridized carbons (Fsp3) is 0.583. The van der Waals surface area contributed by atoms with Gasteiger partial charge in [-0.2, -0.15) is 0 Å². The lowest BCUT2D eigenvalue weighted by Crippen LogP contribution is -2.41. The largest absolute Gasteiger partial charge is 0.383 e. The van der Waals surface area contributed by atoms with E-state index >= 15 is 0 Å². The molecule has 0 aliphatic rings. The molecule has 4 nitrogen and oxygen atoms in total. The zero-order chi connectivity index (χ0) is 12.2. The van der Waals surface area contributed by atoms with Crippen molar-refractivity contribution in [1.29, 1.82) is 0 Å². The molecule has 0 radical (unpaired) electrons. The number of nitrogens with zero attached hydrogens (tertiary/aromatic N) is 1. The highest BCUT2D eigenvalue weighted by molar-refractivity contribution is 5.42. The number of rotatable bonds is 5. The number of methoxy groups -OCH3 is 1. The number of aromatic nitrogens is 1. The van der Waals surface area contributed by atoms with Crippen LogP contribution in [0.15, 0.2) is 18.3 Å². The fourth-order valence-corrected chi connectivity index (χ4v) is 1.73.